The molecule has 0 unspecified atom stereocenters. The summed E-state index contributed by atoms with van der Waals surface area (Å²) in [5, 5.41) is 11.1. The third kappa shape index (κ3) is 4.95. The largest absolute Gasteiger partial charge is 0.507 e. The quantitative estimate of drug-likeness (QED) is 0.286. The Morgan fingerprint density at radius 1 is 1.08 bits per heavy atom. The molecule has 3 aromatic heterocycles. The van der Waals surface area contributed by atoms with Crippen molar-refractivity contribution in [3.63, 3.8) is 0 Å². The maximum absolute atomic E-state index is 15.3. The molecule has 12 nitrogen and oxygen atoms in total. The molecule has 0 bridgehead atoms. The summed E-state index contributed by atoms with van der Waals surface area (Å²) >= 11 is 6.87. The van der Waals surface area contributed by atoms with Crippen LogP contribution in [0.5, 0.6) is 5.75 Å². The molecule has 48 heavy (non-hydrogen) atoms. The number of phenols is 1. The summed E-state index contributed by atoms with van der Waals surface area (Å²) in [6, 6.07) is 4.16. The first kappa shape index (κ1) is 32.9. The number of amides is 2. The van der Waals surface area contributed by atoms with E-state index in [-0.39, 0.29) is 76.1 Å². The minimum Gasteiger partial charge on any atom is -0.507 e. The van der Waals surface area contributed by atoms with E-state index in [1.54, 1.807) is 11.0 Å². The van der Waals surface area contributed by atoms with Crippen molar-refractivity contribution in [1.29, 1.82) is 0 Å². The maximum Gasteiger partial charge on any atom is 0.283 e. The van der Waals surface area contributed by atoms with E-state index in [1.165, 1.54) is 40.8 Å². The first-order chi connectivity index (χ1) is 22.7. The maximum atomic E-state index is 15.3. The van der Waals surface area contributed by atoms with Gasteiger partial charge in [-0.3, -0.25) is 19.0 Å². The zero-order valence-corrected chi connectivity index (χ0v) is 28.2. The molecule has 0 aliphatic carbocycles. The number of nitrogens with two attached hydrogens (primary N) is 1. The molecule has 1 fully saturated rings. The third-order valence-electron chi connectivity index (χ3n) is 8.94. The van der Waals surface area contributed by atoms with Gasteiger partial charge >= 0.3 is 0 Å². The molecule has 5 heterocycles. The van der Waals surface area contributed by atoms with Gasteiger partial charge in [-0.2, -0.15) is 0 Å². The number of benzene rings is 1. The number of anilines is 3. The van der Waals surface area contributed by atoms with Crippen LogP contribution in [0, 0.1) is 5.82 Å². The van der Waals surface area contributed by atoms with E-state index in [9.17, 15) is 14.7 Å². The van der Waals surface area contributed by atoms with Crippen molar-refractivity contribution in [2.45, 2.75) is 58.5 Å². The highest BCUT2D eigenvalue weighted by Crippen LogP contribution is 2.45. The zero-order valence-electron chi connectivity index (χ0n) is 27.5. The van der Waals surface area contributed by atoms with Gasteiger partial charge in [0.15, 0.2) is 5.65 Å². The lowest BCUT2D eigenvalue weighted by atomic mass is 9.96. The number of likely N-dealkylation sites (N-methyl/N-ethyl adjacent to an activating group) is 1. The number of rotatable bonds is 5. The van der Waals surface area contributed by atoms with E-state index in [4.69, 9.17) is 22.3 Å². The van der Waals surface area contributed by atoms with Gasteiger partial charge in [-0.15, -0.1) is 0 Å². The average Bonchev–Trinajstić information content (AvgIpc) is 3.03. The molecule has 0 radical (unpaired) electrons. The molecule has 2 aliphatic heterocycles. The highest BCUT2D eigenvalue weighted by atomic mass is 35.5. The summed E-state index contributed by atoms with van der Waals surface area (Å²) in [5.41, 5.74) is 7.05. The SMILES string of the molecule is C=CC(=O)N1C[C@@H](C)N2c3c(c(=O)n(-c4c(C(C)C)nc(N)nc4C(C)C)c4nc(-c5c(O)cccc5F)c(Cl)cc34)N(C)C(=O)[C@H]2C1. The second-order valence-electron chi connectivity index (χ2n) is 12.8. The number of aromatic hydroxyl groups is 1. The van der Waals surface area contributed by atoms with Gasteiger partial charge in [0.05, 0.1) is 45.6 Å². The molecular formula is C34H36ClFN8O4. The van der Waals surface area contributed by atoms with Crippen molar-refractivity contribution < 1.29 is 19.1 Å². The third-order valence-corrected chi connectivity index (χ3v) is 9.23. The molecule has 14 heteroatoms. The first-order valence-corrected chi connectivity index (χ1v) is 16.0. The van der Waals surface area contributed by atoms with Crippen molar-refractivity contribution in [2.75, 3.05) is 35.7 Å². The number of hydrogen-bond acceptors (Lipinski definition) is 9. The van der Waals surface area contributed by atoms with Gasteiger partial charge in [0.25, 0.3) is 11.5 Å². The lowest BCUT2D eigenvalue weighted by Crippen LogP contribution is -2.66. The molecule has 2 atom stereocenters. The predicted molar refractivity (Wildman–Crippen MR) is 184 cm³/mol. The minimum absolute atomic E-state index is 0.00116. The second-order valence-corrected chi connectivity index (χ2v) is 13.2. The number of pyridine rings is 2. The van der Waals surface area contributed by atoms with E-state index in [0.29, 0.717) is 28.1 Å². The fourth-order valence-corrected chi connectivity index (χ4v) is 7.04. The Balaban J connectivity index is 1.81. The number of nitrogen functional groups attached to an aromatic ring is 1. The van der Waals surface area contributed by atoms with Gasteiger partial charge in [0, 0.05) is 25.0 Å². The summed E-state index contributed by atoms with van der Waals surface area (Å²) in [4.78, 5) is 60.4. The van der Waals surface area contributed by atoms with Crippen molar-refractivity contribution in [2.24, 2.45) is 0 Å². The van der Waals surface area contributed by atoms with Crippen molar-refractivity contribution in [1.82, 2.24) is 24.4 Å². The van der Waals surface area contributed by atoms with Crippen molar-refractivity contribution >= 4 is 51.8 Å². The number of aromatic nitrogens is 4. The average molecular weight is 675 g/mol. The number of carbonyl (C=O) groups is 2. The predicted octanol–water partition coefficient (Wildman–Crippen LogP) is 4.74. The Bertz CT molecular complexity index is 2050. The highest BCUT2D eigenvalue weighted by Gasteiger charge is 2.47. The number of nitrogens with zero attached hydrogens (tertiary/aromatic N) is 7. The van der Waals surface area contributed by atoms with Crippen LogP contribution in [-0.2, 0) is 9.59 Å². The van der Waals surface area contributed by atoms with Crippen LogP contribution in [0.15, 0.2) is 41.7 Å². The molecule has 2 aliphatic rings. The van der Waals surface area contributed by atoms with Crippen LogP contribution in [0.25, 0.3) is 28.0 Å². The van der Waals surface area contributed by atoms with Crippen molar-refractivity contribution in [3.05, 3.63) is 69.5 Å². The summed E-state index contributed by atoms with van der Waals surface area (Å²) in [6.45, 7) is 13.4. The normalized spacial score (nSPS) is 17.7. The minimum atomic E-state index is -0.833. The number of hydrogen-bond donors (Lipinski definition) is 2. The van der Waals surface area contributed by atoms with Crippen molar-refractivity contribution in [3.8, 4) is 22.7 Å². The van der Waals surface area contributed by atoms with Crippen LogP contribution in [0.1, 0.15) is 57.8 Å². The number of phenolic OH excluding ortho intramolecular Hbond substituents is 1. The van der Waals surface area contributed by atoms with Crippen LogP contribution in [0.2, 0.25) is 5.02 Å². The van der Waals surface area contributed by atoms with E-state index >= 15 is 9.18 Å². The summed E-state index contributed by atoms with van der Waals surface area (Å²) < 4.78 is 16.7. The Hall–Kier alpha value is -5.04. The molecule has 2 amide bonds. The van der Waals surface area contributed by atoms with Gasteiger partial charge in [0.2, 0.25) is 11.9 Å². The Morgan fingerprint density at radius 3 is 2.31 bits per heavy atom. The van der Waals surface area contributed by atoms with Gasteiger partial charge in [-0.1, -0.05) is 51.9 Å². The van der Waals surface area contributed by atoms with Gasteiger partial charge in [-0.05, 0) is 43.0 Å². The number of piperazine rings is 1. The highest BCUT2D eigenvalue weighted by molar-refractivity contribution is 6.34. The summed E-state index contributed by atoms with van der Waals surface area (Å²) in [5.74, 6) is -2.28. The van der Waals surface area contributed by atoms with E-state index < -0.39 is 23.5 Å². The number of fused-ring (bicyclic) bond motifs is 5. The second kappa shape index (κ2) is 11.9. The van der Waals surface area contributed by atoms with Crippen LogP contribution in [0.4, 0.5) is 21.7 Å². The van der Waals surface area contributed by atoms with Crippen LogP contribution >= 0.6 is 11.6 Å². The van der Waals surface area contributed by atoms with Gasteiger partial charge in [-0.25, -0.2) is 19.3 Å². The fraction of sp³-hybridized carbons (Fsp3) is 0.353. The Labute approximate surface area is 281 Å². The molecule has 0 saturated carbocycles. The topological polar surface area (TPSA) is 151 Å². The van der Waals surface area contributed by atoms with Crippen LogP contribution in [-0.4, -0.2) is 73.6 Å². The lowest BCUT2D eigenvalue weighted by Gasteiger charge is -2.50. The number of carbonyl (C=O) groups excluding carboxylic acids is 2. The summed E-state index contributed by atoms with van der Waals surface area (Å²) in [7, 11) is 1.52. The van der Waals surface area contributed by atoms with E-state index in [0.717, 1.165) is 0 Å². The number of halogens is 2. The van der Waals surface area contributed by atoms with Gasteiger partial charge < -0.3 is 25.5 Å². The molecule has 1 saturated heterocycles. The molecule has 3 N–H and O–H groups in total. The standard InChI is InChI=1S/C34H36ClFN8O4/c1-8-23(46)42-13-17(6)43-21(14-42)32(47)41(7)30-28(43)18-12-19(35)27(24-20(36)10-9-11-22(24)45)38-31(18)44(33(30)48)29-25(15(2)3)39-34(37)40-26(29)16(4)5/h8-12,15-17,21,45H,1,13-14H2,2-7H3,(H2,37,39,40)/t17-,21-/m1/s1. The molecular weight excluding hydrogens is 639 g/mol. The molecule has 250 valence electrons. The smallest absolute Gasteiger partial charge is 0.283 e. The van der Waals surface area contributed by atoms with Gasteiger partial charge in [0.1, 0.15) is 23.3 Å². The lowest BCUT2D eigenvalue weighted by molar-refractivity contribution is -0.129. The monoisotopic (exact) mass is 674 g/mol. The molecule has 6 rings (SSSR count). The first-order valence-electron chi connectivity index (χ1n) is 15.6. The zero-order chi connectivity index (χ0) is 34.9. The van der Waals surface area contributed by atoms with E-state index in [1.807, 2.05) is 39.5 Å². The Kier molecular flexibility index (Phi) is 8.14. The summed E-state index contributed by atoms with van der Waals surface area (Å²) in [6.07, 6.45) is 1.21. The molecule has 1 aromatic carbocycles. The van der Waals surface area contributed by atoms with Crippen LogP contribution < -0.4 is 21.1 Å². The molecule has 4 aromatic rings. The van der Waals surface area contributed by atoms with E-state index in [2.05, 4.69) is 16.5 Å². The Morgan fingerprint density at radius 2 is 1.73 bits per heavy atom. The van der Waals surface area contributed by atoms with Crippen LogP contribution in [0.3, 0.4) is 0 Å². The fourth-order valence-electron chi connectivity index (χ4n) is 6.79. The molecule has 0 spiro atoms.